The molecule has 0 spiro atoms. The van der Waals surface area contributed by atoms with Crippen LogP contribution in [0.3, 0.4) is 0 Å². The lowest BCUT2D eigenvalue weighted by Gasteiger charge is -2.64. The van der Waals surface area contributed by atoms with E-state index >= 15 is 0 Å². The van der Waals surface area contributed by atoms with Gasteiger partial charge in [-0.1, -0.05) is 52.0 Å². The van der Waals surface area contributed by atoms with Gasteiger partial charge in [0.2, 0.25) is 5.70 Å². The van der Waals surface area contributed by atoms with Crippen molar-refractivity contribution in [3.8, 4) is 0 Å². The lowest BCUT2D eigenvalue weighted by Crippen LogP contribution is -2.65. The third kappa shape index (κ3) is 5.36. The molecule has 6 atom stereocenters. The first kappa shape index (κ1) is 29.8. The van der Waals surface area contributed by atoms with Crippen LogP contribution in [0.1, 0.15) is 65.9 Å². The molecule has 9 nitrogen and oxygen atoms in total. The Bertz CT molecular complexity index is 1460. The monoisotopic (exact) mass is 587 g/mol. The fourth-order valence-electron chi connectivity index (χ4n) is 7.97. The van der Waals surface area contributed by atoms with Crippen molar-refractivity contribution in [1.29, 1.82) is 0 Å². The molecule has 1 aromatic carbocycles. The van der Waals surface area contributed by atoms with E-state index in [-0.39, 0.29) is 41.7 Å². The van der Waals surface area contributed by atoms with Crippen molar-refractivity contribution in [1.82, 2.24) is 10.2 Å². The molecular weight excluding hydrogens is 545 g/mol. The summed E-state index contributed by atoms with van der Waals surface area (Å²) >= 11 is 0. The predicted octanol–water partition coefficient (Wildman–Crippen LogP) is 5.79. The highest BCUT2D eigenvalue weighted by molar-refractivity contribution is 6.48. The molecule has 7 rings (SSSR count). The summed E-state index contributed by atoms with van der Waals surface area (Å²) < 4.78 is 24.8. The van der Waals surface area contributed by atoms with Crippen LogP contribution in [0, 0.1) is 29.7 Å². The Morgan fingerprint density at radius 3 is 2.79 bits per heavy atom. The zero-order valence-electron chi connectivity index (χ0n) is 25.8. The van der Waals surface area contributed by atoms with Crippen LogP contribution in [0.4, 0.5) is 4.79 Å². The van der Waals surface area contributed by atoms with Gasteiger partial charge < -0.3 is 28.7 Å². The molecule has 2 bridgehead atoms. The molecule has 3 aliphatic carbocycles. The molecule has 228 valence electrons. The second-order valence-electron chi connectivity index (χ2n) is 13.8. The average Bonchev–Trinajstić information content (AvgIpc) is 3.70. The molecule has 1 aromatic heterocycles. The summed E-state index contributed by atoms with van der Waals surface area (Å²) in [6.07, 6.45) is 6.85. The Labute approximate surface area is 254 Å². The van der Waals surface area contributed by atoms with E-state index in [4.69, 9.17) is 25.0 Å². The van der Waals surface area contributed by atoms with Crippen LogP contribution >= 0.6 is 0 Å². The number of carbonyl (C=O) groups excluding carboxylic acids is 2. The minimum Gasteiger partial charge on any atom is -0.464 e. The number of hydrogen-bond acceptors (Lipinski definition) is 6. The molecule has 0 radical (unpaired) electrons. The van der Waals surface area contributed by atoms with Crippen LogP contribution in [-0.2, 0) is 25.3 Å². The summed E-state index contributed by atoms with van der Waals surface area (Å²) in [5.74, 6) is 0.281. The minimum absolute atomic E-state index is 0.0238. The van der Waals surface area contributed by atoms with Gasteiger partial charge in [-0.15, -0.1) is 0 Å². The molecule has 43 heavy (non-hydrogen) atoms. The summed E-state index contributed by atoms with van der Waals surface area (Å²) in [6.45, 7) is 18.7. The molecule has 2 aliphatic heterocycles. The van der Waals surface area contributed by atoms with Crippen LogP contribution in [0.5, 0.6) is 0 Å². The van der Waals surface area contributed by atoms with Crippen molar-refractivity contribution in [2.45, 2.75) is 90.4 Å². The van der Waals surface area contributed by atoms with Crippen LogP contribution < -0.4 is 5.32 Å². The molecule has 2 saturated heterocycles. The molecule has 0 unspecified atom stereocenters. The molecule has 5 aliphatic rings. The lowest BCUT2D eigenvalue weighted by atomic mass is 9.43. The third-order valence-electron chi connectivity index (χ3n) is 10.5. The van der Waals surface area contributed by atoms with Gasteiger partial charge in [0, 0.05) is 11.9 Å². The number of nitrogens with zero attached hydrogens (tertiary/aromatic N) is 2. The second kappa shape index (κ2) is 11.3. The molecule has 1 N–H and O–H groups in total. The minimum atomic E-state index is -0.640. The summed E-state index contributed by atoms with van der Waals surface area (Å²) in [5.41, 5.74) is 1.64. The van der Waals surface area contributed by atoms with Crippen LogP contribution in [0.15, 0.2) is 46.7 Å². The zero-order valence-corrected chi connectivity index (χ0v) is 25.8. The number of ether oxygens (including phenoxy) is 1. The van der Waals surface area contributed by atoms with Crippen molar-refractivity contribution < 1.29 is 28.1 Å². The summed E-state index contributed by atoms with van der Waals surface area (Å²) in [6, 6.07) is 7.56. The first-order valence-electron chi connectivity index (χ1n) is 15.6. The molecule has 3 saturated carbocycles. The van der Waals surface area contributed by atoms with Gasteiger partial charge in [0.05, 0.1) is 36.5 Å². The Morgan fingerprint density at radius 2 is 2.05 bits per heavy atom. The maximum Gasteiger partial charge on any atom is 0.482 e. The molecular formula is C33H42BN3O6. The van der Waals surface area contributed by atoms with Crippen molar-refractivity contribution in [3.05, 3.63) is 59.3 Å². The van der Waals surface area contributed by atoms with Crippen molar-refractivity contribution in [2.24, 2.45) is 23.2 Å². The summed E-state index contributed by atoms with van der Waals surface area (Å²) in [5, 5.41) is 4.03. The third-order valence-corrected chi connectivity index (χ3v) is 10.5. The van der Waals surface area contributed by atoms with Crippen LogP contribution in [0.2, 0.25) is 0 Å². The largest absolute Gasteiger partial charge is 0.482 e. The number of amides is 2. The van der Waals surface area contributed by atoms with E-state index in [1.54, 1.807) is 17.2 Å². The Morgan fingerprint density at radius 1 is 1.26 bits per heavy atom. The second-order valence-corrected chi connectivity index (χ2v) is 13.8. The quantitative estimate of drug-likeness (QED) is 0.239. The topological polar surface area (TPSA) is 94.6 Å². The van der Waals surface area contributed by atoms with Crippen molar-refractivity contribution >= 4 is 30.1 Å². The highest BCUT2D eigenvalue weighted by Gasteiger charge is 2.68. The first-order chi connectivity index (χ1) is 20.5. The van der Waals surface area contributed by atoms with E-state index in [1.165, 1.54) is 0 Å². The number of para-hydroxylation sites is 1. The molecule has 2 amide bonds. The van der Waals surface area contributed by atoms with Gasteiger partial charge in [-0.3, -0.25) is 4.79 Å². The van der Waals surface area contributed by atoms with Gasteiger partial charge in [-0.2, -0.15) is 0 Å². The number of hydrogen-bond donors (Lipinski definition) is 1. The van der Waals surface area contributed by atoms with Crippen molar-refractivity contribution in [3.63, 3.8) is 0 Å². The number of rotatable bonds is 8. The van der Waals surface area contributed by atoms with E-state index in [0.717, 1.165) is 35.8 Å². The Balaban J connectivity index is 1.16. The fraction of sp³-hybridized carbons (Fsp3) is 0.606. The summed E-state index contributed by atoms with van der Waals surface area (Å²) in [4.78, 5) is 31.5. The zero-order chi connectivity index (χ0) is 30.5. The van der Waals surface area contributed by atoms with Gasteiger partial charge in [0.15, 0.2) is 0 Å². The molecule has 5 fully saturated rings. The van der Waals surface area contributed by atoms with E-state index in [0.29, 0.717) is 31.2 Å². The highest BCUT2D eigenvalue weighted by Crippen LogP contribution is 2.65. The summed E-state index contributed by atoms with van der Waals surface area (Å²) in [7, 11) is -0.640. The maximum absolute atomic E-state index is 13.3. The van der Waals surface area contributed by atoms with E-state index in [1.807, 2.05) is 38.1 Å². The van der Waals surface area contributed by atoms with Gasteiger partial charge in [-0.25, -0.2) is 9.64 Å². The smallest absolute Gasteiger partial charge is 0.464 e. The van der Waals surface area contributed by atoms with E-state index in [2.05, 4.69) is 30.9 Å². The number of allylic oxidation sites excluding steroid dienone is 1. The highest BCUT2D eigenvalue weighted by atomic mass is 16.7. The van der Waals surface area contributed by atoms with Gasteiger partial charge in [0.25, 0.3) is 5.91 Å². The number of furan rings is 1. The standard InChI is InChI=1S/C33H42BN3O6/c1-20(2)14-25(35-6)30(38)37-13-9-10-23(37)19-41-31(39)36-29(15-21-18-40-26-12-8-7-11-24(21)26)34-42-28-17-22-16-27(32(22,3)4)33(28,5)43-34/h7-8,11-12,14,18,20,22-23,27-29H,9-10,13,15-17,19H2,1-5H3,(H,36,39)/t22-,23+,27-,28+,29-,33-/m0/s1. The van der Waals surface area contributed by atoms with Crippen LogP contribution in [-0.4, -0.2) is 60.9 Å². The average molecular weight is 588 g/mol. The normalized spacial score (nSPS) is 30.1. The molecule has 2 aromatic rings. The lowest BCUT2D eigenvalue weighted by molar-refractivity contribution is -0.199. The number of likely N-dealkylation sites (tertiary alicyclic amines) is 1. The van der Waals surface area contributed by atoms with E-state index < -0.39 is 24.8 Å². The Kier molecular flexibility index (Phi) is 7.84. The fourth-order valence-corrected chi connectivity index (χ4v) is 7.97. The number of alkyl carbamates (subject to hydrolysis) is 1. The van der Waals surface area contributed by atoms with Gasteiger partial charge >= 0.3 is 13.2 Å². The first-order valence-corrected chi connectivity index (χ1v) is 15.6. The predicted molar refractivity (Wildman–Crippen MR) is 163 cm³/mol. The molecule has 3 heterocycles. The maximum atomic E-state index is 13.3. The Hall–Kier alpha value is -3.29. The van der Waals surface area contributed by atoms with Gasteiger partial charge in [-0.05, 0) is 73.8 Å². The SMILES string of the molecule is [C-]#[N+]C(=CC(C)C)C(=O)N1CCC[C@@H]1COC(=O)N[C@@H](Cc1coc2ccccc12)B1O[C@@H]2C[C@@H]3C[C@@H](C3(C)C)[C@]2(C)O1. The number of nitrogens with one attached hydrogen (secondary N) is 1. The number of benzene rings is 1. The van der Waals surface area contributed by atoms with Crippen LogP contribution in [0.25, 0.3) is 15.8 Å². The van der Waals surface area contributed by atoms with E-state index in [9.17, 15) is 9.59 Å². The number of fused-ring (bicyclic) bond motifs is 1. The number of carbonyl (C=O) groups is 2. The van der Waals surface area contributed by atoms with Crippen molar-refractivity contribution in [2.75, 3.05) is 13.2 Å². The van der Waals surface area contributed by atoms with Gasteiger partial charge in [0.1, 0.15) is 12.2 Å². The molecule has 10 heteroatoms.